The van der Waals surface area contributed by atoms with E-state index < -0.39 is 53.4 Å². The van der Waals surface area contributed by atoms with Crippen LogP contribution in [0.3, 0.4) is 0 Å². The Morgan fingerprint density at radius 3 is 1.09 bits per heavy atom. The molecule has 0 fully saturated rings. The molecule has 0 aliphatic heterocycles. The number of rotatable bonds is 24. The maximum Gasteiger partial charge on any atom is 0.371 e. The van der Waals surface area contributed by atoms with Crippen molar-refractivity contribution in [3.63, 3.8) is 0 Å². The second-order valence-electron chi connectivity index (χ2n) is 30.8. The first-order valence-corrected chi connectivity index (χ1v) is 45.2. The molecule has 17 aromatic rings. The van der Waals surface area contributed by atoms with Crippen LogP contribution in [0.5, 0.6) is 86.2 Å². The molecule has 0 radical (unpaired) electrons. The van der Waals surface area contributed by atoms with Crippen LogP contribution in [-0.2, 0) is 33.6 Å². The second kappa shape index (κ2) is 46.1. The number of para-hydroxylation sites is 3. The van der Waals surface area contributed by atoms with Crippen molar-refractivity contribution in [2.75, 3.05) is 26.6 Å². The number of benzene rings is 11. The van der Waals surface area contributed by atoms with E-state index in [0.29, 0.717) is 75.2 Å². The maximum absolute atomic E-state index is 13.0. The zero-order valence-corrected chi connectivity index (χ0v) is 78.0. The highest BCUT2D eigenvalue weighted by molar-refractivity contribution is 7.17. The van der Waals surface area contributed by atoms with Crippen molar-refractivity contribution in [2.45, 2.75) is 19.3 Å². The van der Waals surface area contributed by atoms with Gasteiger partial charge < -0.3 is 123 Å². The van der Waals surface area contributed by atoms with Gasteiger partial charge >= 0.3 is 23.9 Å². The number of carbonyl (C=O) groups excluding carboxylic acids is 5. The van der Waals surface area contributed by atoms with E-state index in [1.807, 2.05) is 6.07 Å². The molecule has 145 heavy (non-hydrogen) atoms. The molecule has 11 aromatic carbocycles. The average Bonchev–Trinajstić information content (AvgIpc) is 1.07. The predicted octanol–water partition coefficient (Wildman–Crippen LogP) is 19.8. The summed E-state index contributed by atoms with van der Waals surface area (Å²) in [6.07, 6.45) is 4.81. The fraction of sp³-hybridized carbons (Fsp3) is 0.0291. The minimum atomic E-state index is -1.20. The fourth-order valence-electron chi connectivity index (χ4n) is 14.0. The van der Waals surface area contributed by atoms with Crippen LogP contribution < -0.4 is 26.6 Å². The minimum Gasteiger partial charge on any atom is -0.508 e. The lowest BCUT2D eigenvalue weighted by molar-refractivity contribution is -0.136. The van der Waals surface area contributed by atoms with Crippen molar-refractivity contribution in [1.29, 1.82) is 0 Å². The third kappa shape index (κ3) is 26.7. The van der Waals surface area contributed by atoms with Gasteiger partial charge in [0, 0.05) is 182 Å². The van der Waals surface area contributed by atoms with E-state index in [1.165, 1.54) is 103 Å². The Kier molecular flexibility index (Phi) is 32.8. The van der Waals surface area contributed by atoms with Gasteiger partial charge in [0.15, 0.2) is 0 Å². The summed E-state index contributed by atoms with van der Waals surface area (Å²) < 4.78 is 5.18. The first kappa shape index (κ1) is 103. The van der Waals surface area contributed by atoms with Crippen LogP contribution >= 0.6 is 57.2 Å². The Morgan fingerprint density at radius 1 is 0.310 bits per heavy atom. The molecule has 0 atom stereocenters. The number of carboxylic acid groups (broad SMARTS) is 4. The van der Waals surface area contributed by atoms with Crippen LogP contribution in [0.15, 0.2) is 284 Å². The molecule has 0 spiro atoms. The number of furan rings is 1. The molecule has 0 saturated carbocycles. The van der Waals surface area contributed by atoms with Crippen LogP contribution in [0, 0.1) is 0 Å². The number of nitrogens with one attached hydrogen (secondary N) is 5. The lowest BCUT2D eigenvalue weighted by Gasteiger charge is -2.12. The molecule has 17 rings (SSSR count). The van der Waals surface area contributed by atoms with Crippen molar-refractivity contribution in [1.82, 2.24) is 15.0 Å². The smallest absolute Gasteiger partial charge is 0.371 e. The molecular formula is C103H76Cl2N8O29S3. The van der Waals surface area contributed by atoms with Gasteiger partial charge in [0.05, 0.1) is 47.1 Å². The number of carboxylic acids is 4. The summed E-state index contributed by atoms with van der Waals surface area (Å²) in [5.74, 6) is -11.5. The van der Waals surface area contributed by atoms with E-state index in [0.717, 1.165) is 93.8 Å². The van der Waals surface area contributed by atoms with Gasteiger partial charge in [-0.15, -0.1) is 34.0 Å². The molecule has 0 aliphatic carbocycles. The number of hydrogen-bond acceptors (Lipinski definition) is 31. The van der Waals surface area contributed by atoms with Crippen molar-refractivity contribution in [3.8, 4) is 162 Å². The van der Waals surface area contributed by atoms with Gasteiger partial charge in [0.1, 0.15) is 102 Å². The Bertz CT molecular complexity index is 7520. The largest absolute Gasteiger partial charge is 0.508 e. The SMILES string of the molecule is O=C(Cc1c(O)cc(O)cc1O)Nc1cc(Cl)cc(Cl)c1.O=C(Nc1ccccc1-c1ccc(C(=O)O)s1)c1cccc(-c2c(O)cc(O)cc2O)c1.O=C(Nc1ccccc1-c1ccc(C(=O)O)s1)c1cncc(-c2c(O)cc(O)cc2O)c1.O=C(Nc1ncc(-c2ccc(C(=O)O)o2)cn1)c1cccc(-c2c(O)cc(O)cc2O)c1.O=C(O)Cc1ccc(-c2ccccc2NC(=O)Cc2c(O)cc(O)cc2O)s1. The summed E-state index contributed by atoms with van der Waals surface area (Å²) in [7, 11) is 0. The van der Waals surface area contributed by atoms with Gasteiger partial charge in [-0.05, 0) is 126 Å². The Labute approximate surface area is 839 Å². The molecule has 5 amide bonds. The summed E-state index contributed by atoms with van der Waals surface area (Å²) in [5.41, 5.74) is 6.32. The fourth-order valence-corrected chi connectivity index (χ4v) is 17.4. The summed E-state index contributed by atoms with van der Waals surface area (Å²) >= 11 is 15.2. The van der Waals surface area contributed by atoms with E-state index in [1.54, 1.807) is 121 Å². The molecule has 24 N–H and O–H groups in total. The third-order valence-corrected chi connectivity index (χ3v) is 24.3. The Balaban J connectivity index is 0.000000153. The van der Waals surface area contributed by atoms with Gasteiger partial charge in [0.25, 0.3) is 17.7 Å². The normalized spacial score (nSPS) is 10.6. The molecule has 6 heterocycles. The summed E-state index contributed by atoms with van der Waals surface area (Å²) in [6, 6.07) is 63.0. The number of aromatic nitrogens is 3. The van der Waals surface area contributed by atoms with Crippen molar-refractivity contribution in [3.05, 3.63) is 338 Å². The third-order valence-electron chi connectivity index (χ3n) is 20.5. The lowest BCUT2D eigenvalue weighted by atomic mass is 10.0. The number of hydrogen-bond donors (Lipinski definition) is 24. The molecular weight excluding hydrogens is 1980 g/mol. The van der Waals surface area contributed by atoms with Gasteiger partial charge in [-0.2, -0.15) is 0 Å². The van der Waals surface area contributed by atoms with Gasteiger partial charge in [-0.1, -0.05) is 102 Å². The number of thiophene rings is 3. The van der Waals surface area contributed by atoms with Crippen molar-refractivity contribution in [2.24, 2.45) is 0 Å². The number of nitrogens with zero attached hydrogens (tertiary/aromatic N) is 3. The Morgan fingerprint density at radius 2 is 0.683 bits per heavy atom. The highest BCUT2D eigenvalue weighted by Gasteiger charge is 2.25. The summed E-state index contributed by atoms with van der Waals surface area (Å²) in [5, 5.41) is 197. The number of aromatic carboxylic acids is 3. The van der Waals surface area contributed by atoms with E-state index in [-0.39, 0.29) is 183 Å². The highest BCUT2D eigenvalue weighted by Crippen LogP contribution is 2.46. The van der Waals surface area contributed by atoms with Crippen LogP contribution in [0.25, 0.3) is 76.0 Å². The maximum atomic E-state index is 13.0. The average molecular weight is 2060 g/mol. The standard InChI is InChI=1S/C24H17NO6S.C23H16N2O6S.C22H15N3O7.C20H17NO6S.C14H11Cl2NO4/c26-15-11-18(27)22(19(28)12-15)13-4-3-5-14(10-13)23(29)25-17-7-2-1-6-16(17)20-8-9-21(32-20)24(30)31;26-14-8-17(27)21(18(28)9-14)12-7-13(11-24-10-12)22(29)25-16-4-2-1-3-15(16)19-5-6-20(32-19)23(30)31;26-14-7-15(27)19(16(28)8-14)11-2-1-3-12(6-11)20(29)25-22-23-9-13(10-24-22)17-4-5-18(32-17)21(30)31;22-11-7-16(23)14(17(24)8-11)10-19(25)21-15-4-2-1-3-13(15)18-6-5-12(28-18)9-20(26)27;15-7-1-8(16)3-9(2-7)17-14(21)6-11-12(19)4-10(18)5-13(11)20/h1-12,26-28H,(H,25,29)(H,30,31);1-11,26-28H,(H,25,29)(H,30,31);1-10,26-28H,(H,30,31)(H,23,24,25,29);1-8,22-24H,9-10H2,(H,21,25)(H,26,27);1-5,18-20H,6H2,(H,17,21). The minimum absolute atomic E-state index is 0.00416. The number of carbonyl (C=O) groups is 9. The number of aliphatic carboxylic acids is 1. The molecule has 734 valence electrons. The summed E-state index contributed by atoms with van der Waals surface area (Å²) in [6.45, 7) is 0. The van der Waals surface area contributed by atoms with Crippen molar-refractivity contribution >= 4 is 139 Å². The van der Waals surface area contributed by atoms with Crippen LogP contribution in [-0.4, -0.2) is 165 Å². The predicted molar refractivity (Wildman–Crippen MR) is 537 cm³/mol. The van der Waals surface area contributed by atoms with E-state index in [4.69, 9.17) is 42.9 Å². The first-order valence-electron chi connectivity index (χ1n) is 42.0. The number of amides is 5. The number of halogens is 2. The van der Waals surface area contributed by atoms with E-state index in [2.05, 4.69) is 41.5 Å². The number of aromatic hydroxyl groups is 15. The summed E-state index contributed by atoms with van der Waals surface area (Å²) in [4.78, 5) is 122. The molecule has 0 aliphatic rings. The lowest BCUT2D eigenvalue weighted by Crippen LogP contribution is -2.15. The van der Waals surface area contributed by atoms with Gasteiger partial charge in [0.2, 0.25) is 23.5 Å². The second-order valence-corrected chi connectivity index (χ2v) is 35.0. The topological polar surface area (TPSA) is 650 Å². The molecule has 0 bridgehead atoms. The molecule has 0 unspecified atom stereocenters. The zero-order chi connectivity index (χ0) is 104. The molecule has 37 nitrogen and oxygen atoms in total. The monoisotopic (exact) mass is 2050 g/mol. The number of phenolic OH excluding ortho intramolecular Hbond substituents is 15. The number of pyridine rings is 1. The highest BCUT2D eigenvalue weighted by atomic mass is 35.5. The number of phenols is 15. The molecule has 6 aromatic heterocycles. The van der Waals surface area contributed by atoms with Crippen LogP contribution in [0.1, 0.15) is 77.0 Å². The van der Waals surface area contributed by atoms with Crippen LogP contribution in [0.4, 0.5) is 28.7 Å². The van der Waals surface area contributed by atoms with Crippen LogP contribution in [0.2, 0.25) is 10.0 Å². The first-order chi connectivity index (χ1) is 69.1. The zero-order valence-electron chi connectivity index (χ0n) is 74.1. The molecule has 0 saturated heterocycles. The van der Waals surface area contributed by atoms with Gasteiger partial charge in [-0.25, -0.2) is 24.4 Å². The van der Waals surface area contributed by atoms with Crippen molar-refractivity contribution < 1.29 is 145 Å². The number of anilines is 5. The van der Waals surface area contributed by atoms with E-state index >= 15 is 0 Å². The quantitative estimate of drug-likeness (QED) is 0.0267. The van der Waals surface area contributed by atoms with Gasteiger partial charge in [-0.3, -0.25) is 39.1 Å². The Hall–Kier alpha value is -19.2. The molecule has 42 heteroatoms. The van der Waals surface area contributed by atoms with E-state index in [9.17, 15) is 125 Å².